The van der Waals surface area contributed by atoms with E-state index in [1.165, 1.54) is 22.5 Å². The van der Waals surface area contributed by atoms with Gasteiger partial charge in [0.2, 0.25) is 10.0 Å². The molecule has 10 heteroatoms. The number of nitrogens with zero attached hydrogens (tertiary/aromatic N) is 1. The maximum atomic E-state index is 13.5. The van der Waals surface area contributed by atoms with Gasteiger partial charge in [-0.05, 0) is 37.1 Å². The Bertz CT molecular complexity index is 1030. The van der Waals surface area contributed by atoms with E-state index in [0.29, 0.717) is 18.9 Å². The van der Waals surface area contributed by atoms with Crippen molar-refractivity contribution in [3.8, 4) is 0 Å². The molecule has 1 amide bonds. The smallest absolute Gasteiger partial charge is 0.255 e. The number of sulfonamides is 1. The van der Waals surface area contributed by atoms with Gasteiger partial charge < -0.3 is 10.4 Å². The number of benzene rings is 2. The molecule has 2 N–H and O–H groups in total. The molecule has 1 heterocycles. The molecule has 0 spiro atoms. The number of alkyl halides is 1. The quantitative estimate of drug-likeness (QED) is 0.741. The lowest BCUT2D eigenvalue weighted by molar-refractivity contribution is 0.102. The molecule has 1 saturated heterocycles. The van der Waals surface area contributed by atoms with Crippen LogP contribution in [0.15, 0.2) is 41.3 Å². The molecule has 156 valence electrons. The van der Waals surface area contributed by atoms with Crippen LogP contribution >= 0.6 is 0 Å². The Morgan fingerprint density at radius 2 is 2.00 bits per heavy atom. The number of halogens is 3. The van der Waals surface area contributed by atoms with Crippen molar-refractivity contribution >= 4 is 21.6 Å². The molecule has 1 aliphatic heterocycles. The SMILES string of the molecule is O=C(Nc1cc(F)c(F)c(CF)c1)c1cccc(S(=O)(=O)N2CCCC2CO)c1. The van der Waals surface area contributed by atoms with Crippen LogP contribution in [0.25, 0.3) is 0 Å². The minimum atomic E-state index is -3.92. The minimum Gasteiger partial charge on any atom is -0.395 e. The molecule has 3 rings (SSSR count). The summed E-state index contributed by atoms with van der Waals surface area (Å²) in [4.78, 5) is 12.3. The largest absolute Gasteiger partial charge is 0.395 e. The Balaban J connectivity index is 1.86. The lowest BCUT2D eigenvalue weighted by atomic mass is 10.1. The zero-order valence-electron chi connectivity index (χ0n) is 15.2. The summed E-state index contributed by atoms with van der Waals surface area (Å²) < 4.78 is 66.7. The van der Waals surface area contributed by atoms with E-state index >= 15 is 0 Å². The molecule has 0 bridgehead atoms. The van der Waals surface area contributed by atoms with Crippen molar-refractivity contribution in [2.24, 2.45) is 0 Å². The van der Waals surface area contributed by atoms with Crippen molar-refractivity contribution in [2.45, 2.75) is 30.5 Å². The summed E-state index contributed by atoms with van der Waals surface area (Å²) in [5.41, 5.74) is -0.729. The van der Waals surface area contributed by atoms with Crippen molar-refractivity contribution in [1.29, 1.82) is 0 Å². The molecule has 0 radical (unpaired) electrons. The second-order valence-electron chi connectivity index (χ2n) is 6.64. The first-order chi connectivity index (χ1) is 13.8. The van der Waals surface area contributed by atoms with Crippen LogP contribution in [-0.4, -0.2) is 42.9 Å². The second kappa shape index (κ2) is 8.52. The Hall–Kier alpha value is -2.43. The Kier molecular flexibility index (Phi) is 6.25. The van der Waals surface area contributed by atoms with Gasteiger partial charge in [-0.3, -0.25) is 4.79 Å². The number of nitrogens with one attached hydrogen (secondary N) is 1. The van der Waals surface area contributed by atoms with E-state index in [0.717, 1.165) is 12.1 Å². The third kappa shape index (κ3) is 4.29. The Morgan fingerprint density at radius 1 is 1.24 bits per heavy atom. The molecular formula is C19H19F3N2O4S. The van der Waals surface area contributed by atoms with Gasteiger partial charge in [-0.15, -0.1) is 0 Å². The van der Waals surface area contributed by atoms with Crippen molar-refractivity contribution in [3.63, 3.8) is 0 Å². The van der Waals surface area contributed by atoms with Crippen molar-refractivity contribution in [1.82, 2.24) is 4.31 Å². The summed E-state index contributed by atoms with van der Waals surface area (Å²) >= 11 is 0. The van der Waals surface area contributed by atoms with Gasteiger partial charge >= 0.3 is 0 Å². The maximum Gasteiger partial charge on any atom is 0.255 e. The minimum absolute atomic E-state index is 0.0302. The van der Waals surface area contributed by atoms with Crippen LogP contribution in [0.4, 0.5) is 18.9 Å². The van der Waals surface area contributed by atoms with Gasteiger partial charge in [0.1, 0.15) is 6.67 Å². The maximum absolute atomic E-state index is 13.5. The average molecular weight is 428 g/mol. The van der Waals surface area contributed by atoms with E-state index in [-0.39, 0.29) is 29.3 Å². The molecule has 29 heavy (non-hydrogen) atoms. The van der Waals surface area contributed by atoms with E-state index in [1.807, 2.05) is 0 Å². The standard InChI is InChI=1S/C19H19F3N2O4S/c20-10-13-7-14(9-17(21)18(13)22)23-19(26)12-3-1-5-16(8-12)29(27,28)24-6-2-4-15(24)11-25/h1,3,5,7-9,15,25H,2,4,6,10-11H2,(H,23,26). The fraction of sp³-hybridized carbons (Fsp3) is 0.316. The topological polar surface area (TPSA) is 86.7 Å². The fourth-order valence-electron chi connectivity index (χ4n) is 3.26. The summed E-state index contributed by atoms with van der Waals surface area (Å²) in [6, 6.07) is 6.39. The molecule has 2 aromatic carbocycles. The number of carbonyl (C=O) groups excluding carboxylic acids is 1. The molecule has 1 aliphatic rings. The number of amides is 1. The number of hydrogen-bond donors (Lipinski definition) is 2. The molecule has 0 aromatic heterocycles. The third-order valence-corrected chi connectivity index (χ3v) is 6.69. The van der Waals surface area contributed by atoms with Gasteiger partial charge in [-0.25, -0.2) is 21.6 Å². The monoisotopic (exact) mass is 428 g/mol. The first-order valence-electron chi connectivity index (χ1n) is 8.86. The van der Waals surface area contributed by atoms with Crippen molar-refractivity contribution in [2.75, 3.05) is 18.5 Å². The summed E-state index contributed by atoms with van der Waals surface area (Å²) in [6.45, 7) is -1.28. The van der Waals surface area contributed by atoms with E-state index in [1.54, 1.807) is 0 Å². The molecule has 0 saturated carbocycles. The molecule has 1 unspecified atom stereocenters. The predicted molar refractivity (Wildman–Crippen MR) is 99.6 cm³/mol. The van der Waals surface area contributed by atoms with Crippen molar-refractivity contribution < 1.29 is 31.5 Å². The van der Waals surface area contributed by atoms with Gasteiger partial charge in [-0.2, -0.15) is 4.31 Å². The molecule has 2 aromatic rings. The Labute approximate surface area is 166 Å². The first kappa shape index (κ1) is 21.3. The molecule has 0 aliphatic carbocycles. The van der Waals surface area contributed by atoms with Crippen LogP contribution in [0.5, 0.6) is 0 Å². The van der Waals surface area contributed by atoms with Gasteiger partial charge in [0.15, 0.2) is 11.6 Å². The second-order valence-corrected chi connectivity index (χ2v) is 8.53. The lowest BCUT2D eigenvalue weighted by Gasteiger charge is -2.22. The molecule has 6 nitrogen and oxygen atoms in total. The van der Waals surface area contributed by atoms with Crippen LogP contribution in [0.1, 0.15) is 28.8 Å². The summed E-state index contributed by atoms with van der Waals surface area (Å²) in [6.07, 6.45) is 1.17. The highest BCUT2D eigenvalue weighted by molar-refractivity contribution is 7.89. The fourth-order valence-corrected chi connectivity index (χ4v) is 4.99. The average Bonchev–Trinajstić information content (AvgIpc) is 3.20. The number of anilines is 1. The van der Waals surface area contributed by atoms with Crippen LogP contribution in [-0.2, 0) is 16.7 Å². The summed E-state index contributed by atoms with van der Waals surface area (Å²) in [5, 5.41) is 11.7. The van der Waals surface area contributed by atoms with Crippen LogP contribution < -0.4 is 5.32 Å². The highest BCUT2D eigenvalue weighted by atomic mass is 32.2. The number of aliphatic hydroxyl groups is 1. The normalized spacial score (nSPS) is 17.4. The van der Waals surface area contributed by atoms with Gasteiger partial charge in [0.25, 0.3) is 5.91 Å². The number of rotatable bonds is 6. The predicted octanol–water partition coefficient (Wildman–Crippen LogP) is 2.83. The molecule has 1 atom stereocenters. The van der Waals surface area contributed by atoms with Crippen LogP contribution in [0.3, 0.4) is 0 Å². The van der Waals surface area contributed by atoms with Crippen LogP contribution in [0, 0.1) is 11.6 Å². The molecule has 1 fully saturated rings. The zero-order chi connectivity index (χ0) is 21.2. The molecular weight excluding hydrogens is 409 g/mol. The van der Waals surface area contributed by atoms with Gasteiger partial charge in [0.05, 0.1) is 11.5 Å². The lowest BCUT2D eigenvalue weighted by Crippen LogP contribution is -2.37. The highest BCUT2D eigenvalue weighted by Gasteiger charge is 2.35. The number of aliphatic hydroxyl groups excluding tert-OH is 1. The highest BCUT2D eigenvalue weighted by Crippen LogP contribution is 2.27. The van der Waals surface area contributed by atoms with Crippen molar-refractivity contribution in [3.05, 3.63) is 59.2 Å². The number of hydrogen-bond acceptors (Lipinski definition) is 4. The van der Waals surface area contributed by atoms with E-state index < -0.39 is 45.8 Å². The summed E-state index contributed by atoms with van der Waals surface area (Å²) in [7, 11) is -3.92. The first-order valence-corrected chi connectivity index (χ1v) is 10.3. The number of carbonyl (C=O) groups is 1. The zero-order valence-corrected chi connectivity index (χ0v) is 16.1. The summed E-state index contributed by atoms with van der Waals surface area (Å²) in [5.74, 6) is -3.41. The third-order valence-electron chi connectivity index (χ3n) is 4.74. The van der Waals surface area contributed by atoms with E-state index in [4.69, 9.17) is 0 Å². The van der Waals surface area contributed by atoms with Gasteiger partial charge in [0, 0.05) is 35.5 Å². The van der Waals surface area contributed by atoms with Gasteiger partial charge in [-0.1, -0.05) is 6.07 Å². The van der Waals surface area contributed by atoms with E-state index in [9.17, 15) is 31.5 Å². The Morgan fingerprint density at radius 3 is 2.69 bits per heavy atom. The van der Waals surface area contributed by atoms with E-state index in [2.05, 4.69) is 5.32 Å². The van der Waals surface area contributed by atoms with Crippen LogP contribution in [0.2, 0.25) is 0 Å².